The zero-order valence-electron chi connectivity index (χ0n) is 3.89. The van der Waals surface area contributed by atoms with Crippen LogP contribution in [0.15, 0.2) is 0 Å². The lowest BCUT2D eigenvalue weighted by Crippen LogP contribution is -2.30. The van der Waals surface area contributed by atoms with E-state index < -0.39 is 10.8 Å². The molecule has 0 N–H and O–H groups in total. The van der Waals surface area contributed by atoms with E-state index in [9.17, 15) is 17.6 Å². The lowest BCUT2D eigenvalue weighted by atomic mass is 10.4. The molecule has 0 rings (SSSR count). The van der Waals surface area contributed by atoms with E-state index in [0.29, 0.717) is 6.92 Å². The van der Waals surface area contributed by atoms with Gasteiger partial charge in [0.15, 0.2) is 0 Å². The Kier molecular flexibility index (Phi) is 1.91. The maximum absolute atomic E-state index is 11.7. The van der Waals surface area contributed by atoms with Gasteiger partial charge in [0.1, 0.15) is 0 Å². The van der Waals surface area contributed by atoms with Gasteiger partial charge in [-0.2, -0.15) is 13.2 Å². The fraction of sp³-hybridized carbons (Fsp3) is 1.00. The van der Waals surface area contributed by atoms with E-state index in [4.69, 9.17) is 0 Å². The number of rotatable bonds is 0. The van der Waals surface area contributed by atoms with Crippen molar-refractivity contribution < 1.29 is 17.6 Å². The average Bonchev–Trinajstić information content (AvgIpc) is 1.25. The van der Waals surface area contributed by atoms with Gasteiger partial charge in [-0.25, -0.2) is 4.39 Å². The summed E-state index contributed by atoms with van der Waals surface area (Å²) in [5.41, 5.74) is 0. The van der Waals surface area contributed by atoms with Crippen LogP contribution in [0.25, 0.3) is 0 Å². The van der Waals surface area contributed by atoms with Crippen molar-refractivity contribution in [3.63, 3.8) is 0 Å². The van der Waals surface area contributed by atoms with Crippen molar-refractivity contribution in [2.45, 2.75) is 17.7 Å². The first-order valence-corrected chi connectivity index (χ1v) is 2.49. The SMILES string of the molecule is CC(F)(Br)C(F)(F)F. The Balaban J connectivity index is 4.02. The van der Waals surface area contributed by atoms with Gasteiger partial charge in [-0.3, -0.25) is 0 Å². The molecule has 0 aromatic carbocycles. The van der Waals surface area contributed by atoms with Crippen LogP contribution >= 0.6 is 15.9 Å². The number of halogens is 5. The summed E-state index contributed by atoms with van der Waals surface area (Å²) in [6.45, 7) is 0.396. The maximum atomic E-state index is 11.7. The normalized spacial score (nSPS) is 20.2. The van der Waals surface area contributed by atoms with Crippen LogP contribution in [0.1, 0.15) is 6.92 Å². The lowest BCUT2D eigenvalue weighted by Gasteiger charge is -2.15. The van der Waals surface area contributed by atoms with Gasteiger partial charge in [-0.1, -0.05) is 0 Å². The van der Waals surface area contributed by atoms with E-state index >= 15 is 0 Å². The Hall–Kier alpha value is 0.200. The van der Waals surface area contributed by atoms with Crippen LogP contribution < -0.4 is 0 Å². The van der Waals surface area contributed by atoms with Gasteiger partial charge in [0.05, 0.1) is 0 Å². The van der Waals surface area contributed by atoms with Gasteiger partial charge in [0.2, 0.25) is 0 Å². The molecule has 0 saturated heterocycles. The molecular formula is C3H3BrF4. The summed E-state index contributed by atoms with van der Waals surface area (Å²) in [6, 6.07) is 0. The second-order valence-electron chi connectivity index (χ2n) is 1.39. The quantitative estimate of drug-likeness (QED) is 0.411. The Morgan fingerprint density at radius 2 is 1.25 bits per heavy atom. The molecule has 0 radical (unpaired) electrons. The number of hydrogen-bond acceptors (Lipinski definition) is 0. The highest BCUT2D eigenvalue weighted by atomic mass is 79.9. The minimum absolute atomic E-state index is 0.396. The van der Waals surface area contributed by atoms with Crippen LogP contribution in [0.5, 0.6) is 0 Å². The van der Waals surface area contributed by atoms with Crippen molar-refractivity contribution >= 4 is 15.9 Å². The van der Waals surface area contributed by atoms with Crippen molar-refractivity contribution in [1.82, 2.24) is 0 Å². The molecule has 0 aromatic rings. The molecule has 1 unspecified atom stereocenters. The van der Waals surface area contributed by atoms with Gasteiger partial charge >= 0.3 is 6.18 Å². The molecule has 0 aliphatic carbocycles. The van der Waals surface area contributed by atoms with Gasteiger partial charge in [0.25, 0.3) is 4.58 Å². The van der Waals surface area contributed by atoms with E-state index in [1.54, 1.807) is 0 Å². The van der Waals surface area contributed by atoms with Gasteiger partial charge < -0.3 is 0 Å². The Bertz CT molecular complexity index is 66.3. The first kappa shape index (κ1) is 8.20. The lowest BCUT2D eigenvalue weighted by molar-refractivity contribution is -0.185. The summed E-state index contributed by atoms with van der Waals surface area (Å²) >= 11 is 1.81. The highest BCUT2D eigenvalue weighted by Gasteiger charge is 2.50. The Labute approximate surface area is 52.0 Å². The van der Waals surface area contributed by atoms with Crippen LogP contribution in [-0.4, -0.2) is 10.8 Å². The molecular weight excluding hydrogens is 192 g/mol. The van der Waals surface area contributed by atoms with Crippen molar-refractivity contribution in [3.05, 3.63) is 0 Å². The fourth-order valence-corrected chi connectivity index (χ4v) is 0. The summed E-state index contributed by atoms with van der Waals surface area (Å²) in [5, 5.41) is 0. The summed E-state index contributed by atoms with van der Waals surface area (Å²) in [7, 11) is 0. The zero-order valence-corrected chi connectivity index (χ0v) is 5.48. The predicted octanol–water partition coefficient (Wildman–Crippen LogP) is 2.63. The van der Waals surface area contributed by atoms with Crippen LogP contribution in [0.3, 0.4) is 0 Å². The summed E-state index contributed by atoms with van der Waals surface area (Å²) in [6.07, 6.45) is -4.81. The molecule has 1 atom stereocenters. The molecule has 5 heteroatoms. The van der Waals surface area contributed by atoms with Crippen LogP contribution in [-0.2, 0) is 0 Å². The van der Waals surface area contributed by atoms with Crippen LogP contribution in [0.2, 0.25) is 0 Å². The van der Waals surface area contributed by atoms with E-state index in [1.807, 2.05) is 15.9 Å². The third kappa shape index (κ3) is 1.98. The average molecular weight is 195 g/mol. The van der Waals surface area contributed by atoms with Crippen LogP contribution in [0.4, 0.5) is 17.6 Å². The summed E-state index contributed by atoms with van der Waals surface area (Å²) < 4.78 is 41.9. The van der Waals surface area contributed by atoms with Gasteiger partial charge in [-0.05, 0) is 22.9 Å². The molecule has 0 fully saturated rings. The minimum atomic E-state index is -4.81. The Morgan fingerprint density at radius 3 is 1.25 bits per heavy atom. The summed E-state index contributed by atoms with van der Waals surface area (Å²) in [4.78, 5) is 0. The molecule has 0 bridgehead atoms. The molecule has 0 saturated carbocycles. The third-order valence-corrected chi connectivity index (χ3v) is 0.947. The predicted molar refractivity (Wildman–Crippen MR) is 24.5 cm³/mol. The van der Waals surface area contributed by atoms with Crippen molar-refractivity contribution in [3.8, 4) is 0 Å². The van der Waals surface area contributed by atoms with Crippen molar-refractivity contribution in [1.29, 1.82) is 0 Å². The van der Waals surface area contributed by atoms with Crippen molar-refractivity contribution in [2.75, 3.05) is 0 Å². The standard InChI is InChI=1S/C3H3BrF4/c1-2(4,5)3(6,7)8/h1H3. The molecule has 0 aliphatic rings. The van der Waals surface area contributed by atoms with E-state index in [-0.39, 0.29) is 0 Å². The molecule has 0 heterocycles. The topological polar surface area (TPSA) is 0 Å². The monoisotopic (exact) mass is 194 g/mol. The van der Waals surface area contributed by atoms with E-state index in [0.717, 1.165) is 0 Å². The Morgan fingerprint density at radius 1 is 1.12 bits per heavy atom. The smallest absolute Gasteiger partial charge is 0.222 e. The fourth-order valence-electron chi connectivity index (χ4n) is 0. The third-order valence-electron chi connectivity index (χ3n) is 0.498. The molecule has 0 nitrogen and oxygen atoms in total. The second-order valence-corrected chi connectivity index (χ2v) is 2.88. The van der Waals surface area contributed by atoms with E-state index in [1.165, 1.54) is 0 Å². The van der Waals surface area contributed by atoms with Gasteiger partial charge in [0, 0.05) is 0 Å². The van der Waals surface area contributed by atoms with Crippen molar-refractivity contribution in [2.24, 2.45) is 0 Å². The highest BCUT2D eigenvalue weighted by Crippen LogP contribution is 2.38. The zero-order chi connectivity index (χ0) is 7.00. The molecule has 0 spiro atoms. The van der Waals surface area contributed by atoms with E-state index in [2.05, 4.69) is 0 Å². The molecule has 50 valence electrons. The summed E-state index contributed by atoms with van der Waals surface area (Å²) in [5.74, 6) is 0. The highest BCUT2D eigenvalue weighted by molar-refractivity contribution is 9.10. The molecule has 0 aliphatic heterocycles. The largest absolute Gasteiger partial charge is 0.432 e. The molecule has 0 aromatic heterocycles. The molecule has 0 amide bonds. The van der Waals surface area contributed by atoms with Gasteiger partial charge in [-0.15, -0.1) is 0 Å². The molecule has 8 heavy (non-hydrogen) atoms. The van der Waals surface area contributed by atoms with Crippen LogP contribution in [0, 0.1) is 0 Å². The second kappa shape index (κ2) is 1.86. The minimum Gasteiger partial charge on any atom is -0.222 e. The number of alkyl halides is 5. The first-order chi connectivity index (χ1) is 3.25. The number of hydrogen-bond donors (Lipinski definition) is 0. The first-order valence-electron chi connectivity index (χ1n) is 1.69. The maximum Gasteiger partial charge on any atom is 0.432 e.